The van der Waals surface area contributed by atoms with Gasteiger partial charge in [-0.05, 0) is 11.6 Å². The maximum absolute atomic E-state index is 10.7. The number of carbonyl (C=O) groups is 1. The number of imidazole rings is 1. The Morgan fingerprint density at radius 3 is 3.06 bits per heavy atom. The van der Waals surface area contributed by atoms with Crippen LogP contribution in [0.25, 0.3) is 11.0 Å². The summed E-state index contributed by atoms with van der Waals surface area (Å²) in [5.74, 6) is -0.432. The summed E-state index contributed by atoms with van der Waals surface area (Å²) >= 11 is 0. The Balaban J connectivity index is 2.40. The van der Waals surface area contributed by atoms with Crippen LogP contribution in [0.1, 0.15) is 5.56 Å². The first-order chi connectivity index (χ1) is 8.11. The van der Waals surface area contributed by atoms with Gasteiger partial charge in [0.05, 0.1) is 24.5 Å². The van der Waals surface area contributed by atoms with E-state index in [-0.39, 0.29) is 6.42 Å². The number of hydrogen-bond donors (Lipinski definition) is 3. The van der Waals surface area contributed by atoms with Crippen molar-refractivity contribution in [3.05, 3.63) is 24.0 Å². The standard InChI is InChI=1S/C11H13N3O3/c1-17-10-4-9-8(13-5-14-9)3-6(10)2-7(12)11(15)16/h3-5,7H,2,12H2,1H3,(H,13,14)(H,15,16). The molecule has 0 aliphatic rings. The van der Waals surface area contributed by atoms with Gasteiger partial charge in [0, 0.05) is 12.5 Å². The van der Waals surface area contributed by atoms with Crippen LogP contribution < -0.4 is 10.5 Å². The molecule has 2 aromatic rings. The summed E-state index contributed by atoms with van der Waals surface area (Å²) in [4.78, 5) is 17.8. The van der Waals surface area contributed by atoms with Crippen molar-refractivity contribution < 1.29 is 14.6 Å². The van der Waals surface area contributed by atoms with Crippen LogP contribution in [0.3, 0.4) is 0 Å². The van der Waals surface area contributed by atoms with E-state index < -0.39 is 12.0 Å². The van der Waals surface area contributed by atoms with Gasteiger partial charge in [-0.1, -0.05) is 0 Å². The fraction of sp³-hybridized carbons (Fsp3) is 0.273. The highest BCUT2D eigenvalue weighted by Gasteiger charge is 2.16. The molecular formula is C11H13N3O3. The summed E-state index contributed by atoms with van der Waals surface area (Å²) in [6.45, 7) is 0. The summed E-state index contributed by atoms with van der Waals surface area (Å²) in [7, 11) is 1.53. The van der Waals surface area contributed by atoms with Crippen molar-refractivity contribution in [1.82, 2.24) is 9.97 Å². The number of aromatic amines is 1. The smallest absolute Gasteiger partial charge is 0.320 e. The first-order valence-electron chi connectivity index (χ1n) is 5.10. The largest absolute Gasteiger partial charge is 0.496 e. The van der Waals surface area contributed by atoms with Crippen molar-refractivity contribution in [2.45, 2.75) is 12.5 Å². The second-order valence-electron chi connectivity index (χ2n) is 3.73. The molecule has 0 aliphatic carbocycles. The van der Waals surface area contributed by atoms with Gasteiger partial charge in [0.2, 0.25) is 0 Å². The lowest BCUT2D eigenvalue weighted by Crippen LogP contribution is -2.32. The molecule has 0 saturated heterocycles. The van der Waals surface area contributed by atoms with Crippen LogP contribution in [-0.4, -0.2) is 34.2 Å². The zero-order chi connectivity index (χ0) is 12.4. The Kier molecular flexibility index (Phi) is 2.97. The lowest BCUT2D eigenvalue weighted by Gasteiger charge is -2.11. The van der Waals surface area contributed by atoms with E-state index in [1.54, 1.807) is 12.4 Å². The minimum atomic E-state index is -1.03. The normalized spacial score (nSPS) is 12.6. The number of rotatable bonds is 4. The number of ether oxygens (including phenoxy) is 1. The van der Waals surface area contributed by atoms with Gasteiger partial charge in [-0.15, -0.1) is 0 Å². The zero-order valence-corrected chi connectivity index (χ0v) is 9.30. The molecule has 2 rings (SSSR count). The maximum atomic E-state index is 10.7. The first-order valence-corrected chi connectivity index (χ1v) is 5.10. The molecular weight excluding hydrogens is 222 g/mol. The number of fused-ring (bicyclic) bond motifs is 1. The molecule has 1 heterocycles. The van der Waals surface area contributed by atoms with E-state index in [1.807, 2.05) is 6.07 Å². The minimum absolute atomic E-state index is 0.216. The molecule has 90 valence electrons. The maximum Gasteiger partial charge on any atom is 0.320 e. The van der Waals surface area contributed by atoms with Crippen molar-refractivity contribution >= 4 is 17.0 Å². The summed E-state index contributed by atoms with van der Waals surface area (Å²) in [6, 6.07) is 2.63. The highest BCUT2D eigenvalue weighted by Crippen LogP contribution is 2.24. The minimum Gasteiger partial charge on any atom is -0.496 e. The second kappa shape index (κ2) is 4.42. The second-order valence-corrected chi connectivity index (χ2v) is 3.73. The molecule has 1 aromatic carbocycles. The number of carboxylic acid groups (broad SMARTS) is 1. The Bertz CT molecular complexity index is 550. The number of aromatic nitrogens is 2. The lowest BCUT2D eigenvalue weighted by atomic mass is 10.0. The van der Waals surface area contributed by atoms with E-state index in [0.717, 1.165) is 16.6 Å². The number of nitrogens with one attached hydrogen (secondary N) is 1. The lowest BCUT2D eigenvalue weighted by molar-refractivity contribution is -0.138. The third-order valence-electron chi connectivity index (χ3n) is 2.58. The molecule has 0 radical (unpaired) electrons. The Morgan fingerprint density at radius 2 is 2.41 bits per heavy atom. The van der Waals surface area contributed by atoms with Crippen molar-refractivity contribution in [3.63, 3.8) is 0 Å². The number of carboxylic acids is 1. The first kappa shape index (κ1) is 11.4. The SMILES string of the molecule is COc1cc2nc[nH]c2cc1CC(N)C(=O)O. The van der Waals surface area contributed by atoms with Gasteiger partial charge in [0.25, 0.3) is 0 Å². The predicted molar refractivity (Wildman–Crippen MR) is 62.0 cm³/mol. The molecule has 1 atom stereocenters. The summed E-state index contributed by atoms with van der Waals surface area (Å²) in [5.41, 5.74) is 7.86. The number of nitrogens with two attached hydrogens (primary N) is 1. The van der Waals surface area contributed by atoms with E-state index in [4.69, 9.17) is 15.6 Å². The Labute approximate surface area is 97.4 Å². The van der Waals surface area contributed by atoms with Gasteiger partial charge in [-0.3, -0.25) is 4.79 Å². The highest BCUT2D eigenvalue weighted by atomic mass is 16.5. The molecule has 0 spiro atoms. The third-order valence-corrected chi connectivity index (χ3v) is 2.58. The molecule has 0 aliphatic heterocycles. The Morgan fingerprint density at radius 1 is 1.65 bits per heavy atom. The average Bonchev–Trinajstić information content (AvgIpc) is 2.74. The topological polar surface area (TPSA) is 101 Å². The number of hydrogen-bond acceptors (Lipinski definition) is 4. The van der Waals surface area contributed by atoms with Gasteiger partial charge < -0.3 is 20.6 Å². The molecule has 6 heteroatoms. The molecule has 0 bridgehead atoms. The van der Waals surface area contributed by atoms with Crippen molar-refractivity contribution in [1.29, 1.82) is 0 Å². The molecule has 4 N–H and O–H groups in total. The van der Waals surface area contributed by atoms with E-state index in [0.29, 0.717) is 5.75 Å². The highest BCUT2D eigenvalue weighted by molar-refractivity contribution is 5.79. The Hall–Kier alpha value is -2.08. The number of aliphatic carboxylic acids is 1. The van der Waals surface area contributed by atoms with Crippen LogP contribution in [0.2, 0.25) is 0 Å². The van der Waals surface area contributed by atoms with E-state index in [1.165, 1.54) is 7.11 Å². The van der Waals surface area contributed by atoms with Gasteiger partial charge >= 0.3 is 5.97 Å². The van der Waals surface area contributed by atoms with E-state index >= 15 is 0 Å². The monoisotopic (exact) mass is 235 g/mol. The zero-order valence-electron chi connectivity index (χ0n) is 9.30. The molecule has 0 fully saturated rings. The van der Waals surface area contributed by atoms with Gasteiger partial charge in [-0.25, -0.2) is 4.98 Å². The number of benzene rings is 1. The predicted octanol–water partition coefficient (Wildman–Crippen LogP) is 0.526. The van der Waals surface area contributed by atoms with Crippen molar-refractivity contribution in [2.24, 2.45) is 5.73 Å². The van der Waals surface area contributed by atoms with E-state index in [2.05, 4.69) is 9.97 Å². The third kappa shape index (κ3) is 2.21. The van der Waals surface area contributed by atoms with Crippen LogP contribution >= 0.6 is 0 Å². The van der Waals surface area contributed by atoms with Crippen LogP contribution in [0.4, 0.5) is 0 Å². The van der Waals surface area contributed by atoms with Gasteiger partial charge in [-0.2, -0.15) is 0 Å². The number of methoxy groups -OCH3 is 1. The van der Waals surface area contributed by atoms with E-state index in [9.17, 15) is 4.79 Å². The van der Waals surface area contributed by atoms with Gasteiger partial charge in [0.15, 0.2) is 0 Å². The van der Waals surface area contributed by atoms with Crippen LogP contribution in [0.5, 0.6) is 5.75 Å². The average molecular weight is 235 g/mol. The summed E-state index contributed by atoms with van der Waals surface area (Å²) < 4.78 is 5.20. The number of H-pyrrole nitrogens is 1. The summed E-state index contributed by atoms with van der Waals surface area (Å²) in [5, 5.41) is 8.79. The van der Waals surface area contributed by atoms with Crippen molar-refractivity contribution in [3.8, 4) is 5.75 Å². The molecule has 0 saturated carbocycles. The fourth-order valence-corrected chi connectivity index (χ4v) is 1.68. The molecule has 0 amide bonds. The van der Waals surface area contributed by atoms with Crippen LogP contribution in [0.15, 0.2) is 18.5 Å². The molecule has 1 unspecified atom stereocenters. The quantitative estimate of drug-likeness (QED) is 0.717. The fourth-order valence-electron chi connectivity index (χ4n) is 1.68. The summed E-state index contributed by atoms with van der Waals surface area (Å²) in [6.07, 6.45) is 1.79. The molecule has 1 aromatic heterocycles. The van der Waals surface area contributed by atoms with Crippen LogP contribution in [0, 0.1) is 0 Å². The number of nitrogens with zero attached hydrogens (tertiary/aromatic N) is 1. The van der Waals surface area contributed by atoms with Crippen LogP contribution in [-0.2, 0) is 11.2 Å². The van der Waals surface area contributed by atoms with Crippen molar-refractivity contribution in [2.75, 3.05) is 7.11 Å². The van der Waals surface area contributed by atoms with Gasteiger partial charge in [0.1, 0.15) is 11.8 Å². The molecule has 6 nitrogen and oxygen atoms in total. The molecule has 17 heavy (non-hydrogen) atoms.